The zero-order valence-electron chi connectivity index (χ0n) is 15.6. The number of nitrogens with one attached hydrogen (secondary N) is 1. The van der Waals surface area contributed by atoms with E-state index in [9.17, 15) is 33.6 Å². The fraction of sp³-hybridized carbons (Fsp3) is 0.833. The Morgan fingerprint density at radius 3 is 1.86 bits per heavy atom. The Hall–Kier alpha value is -0.960. The molecule has 6 atom stereocenters. The van der Waals surface area contributed by atoms with Crippen LogP contribution in [-0.4, -0.2) is 87.7 Å². The van der Waals surface area contributed by atoms with Crippen LogP contribution in [0.3, 0.4) is 0 Å². The van der Waals surface area contributed by atoms with Crippen molar-refractivity contribution in [1.29, 1.82) is 0 Å². The summed E-state index contributed by atoms with van der Waals surface area (Å²) in [5.74, 6) is -2.02. The summed E-state index contributed by atoms with van der Waals surface area (Å²) in [5.41, 5.74) is 5.29. The third-order valence-corrected chi connectivity index (χ3v) is 4.67. The monoisotopic (exact) mass is 468 g/mol. The number of aliphatic hydroxyl groups excluding tert-OH is 3. The van der Waals surface area contributed by atoms with Crippen molar-refractivity contribution in [2.45, 2.75) is 38.1 Å². The van der Waals surface area contributed by atoms with Gasteiger partial charge in [-0.2, -0.15) is 0 Å². The zero-order chi connectivity index (χ0) is 22.8. The van der Waals surface area contributed by atoms with E-state index in [0.717, 1.165) is 6.92 Å². The van der Waals surface area contributed by atoms with Gasteiger partial charge in [-0.3, -0.25) is 23.3 Å². The number of carbonyl (C=O) groups excluding carboxylic acids is 2. The summed E-state index contributed by atoms with van der Waals surface area (Å²) in [6.07, 6.45) is -3.14. The number of phosphoric ester groups is 2. The maximum atomic E-state index is 11.7. The first-order valence-electron chi connectivity index (χ1n) is 8.04. The topological polar surface area (TPSA) is 244 Å². The summed E-state index contributed by atoms with van der Waals surface area (Å²) >= 11 is 0. The Balaban J connectivity index is 4.40. The molecule has 0 saturated heterocycles. The molecule has 0 aromatic heterocycles. The maximum Gasteiger partial charge on any atom is 0.529 e. The summed E-state index contributed by atoms with van der Waals surface area (Å²) in [6.45, 7) is -0.774. The molecule has 0 rings (SSSR count). The van der Waals surface area contributed by atoms with Gasteiger partial charge in [0.15, 0.2) is 0 Å². The van der Waals surface area contributed by atoms with Crippen LogP contribution < -0.4 is 11.1 Å². The lowest BCUT2D eigenvalue weighted by molar-refractivity contribution is -0.140. The van der Waals surface area contributed by atoms with Gasteiger partial charge in [0.1, 0.15) is 18.2 Å². The normalized spacial score (nSPS) is 19.9. The molecule has 1 amide bonds. The fourth-order valence-corrected chi connectivity index (χ4v) is 2.90. The standard InChI is InChI=1S/C12H26N2O13P2/c1-7(13)11(18)14-8(2)12(19)27-29(22,23)26-6-10(17)5-25-28(20,21)24-4-9(16)3-15/h7-10,15-17H,3-6,13H2,1-2H3,(H,14,18)(H,20,21)(H,22,23). The maximum absolute atomic E-state index is 11.7. The predicted molar refractivity (Wildman–Crippen MR) is 94.0 cm³/mol. The van der Waals surface area contributed by atoms with Crippen molar-refractivity contribution in [2.75, 3.05) is 26.4 Å². The molecular weight excluding hydrogens is 442 g/mol. The Morgan fingerprint density at radius 1 is 0.966 bits per heavy atom. The highest BCUT2D eigenvalue weighted by Gasteiger charge is 2.31. The largest absolute Gasteiger partial charge is 0.529 e. The van der Waals surface area contributed by atoms with Gasteiger partial charge in [-0.15, -0.1) is 0 Å². The molecule has 172 valence electrons. The Labute approximate surface area is 165 Å². The van der Waals surface area contributed by atoms with Crippen LogP contribution in [0.25, 0.3) is 0 Å². The Bertz CT molecular complexity index is 631. The molecule has 0 heterocycles. The highest BCUT2D eigenvalue weighted by atomic mass is 31.2. The van der Waals surface area contributed by atoms with Crippen LogP contribution in [0.2, 0.25) is 0 Å². The molecule has 0 aliphatic carbocycles. The SMILES string of the molecule is CC(N)C(=O)NC(C)C(=O)OP(=O)(O)OCC(O)COP(=O)(O)OCC(O)CO. The Morgan fingerprint density at radius 2 is 1.41 bits per heavy atom. The van der Waals surface area contributed by atoms with Crippen molar-refractivity contribution in [3.63, 3.8) is 0 Å². The fourth-order valence-electron chi connectivity index (χ4n) is 1.30. The van der Waals surface area contributed by atoms with Crippen LogP contribution in [0.5, 0.6) is 0 Å². The molecule has 17 heteroatoms. The highest BCUT2D eigenvalue weighted by molar-refractivity contribution is 7.48. The quantitative estimate of drug-likeness (QED) is 0.129. The summed E-state index contributed by atoms with van der Waals surface area (Å²) < 4.78 is 40.4. The van der Waals surface area contributed by atoms with Crippen LogP contribution in [0, 0.1) is 0 Å². The molecule has 15 nitrogen and oxygen atoms in total. The van der Waals surface area contributed by atoms with E-state index in [-0.39, 0.29) is 0 Å². The lowest BCUT2D eigenvalue weighted by Crippen LogP contribution is -2.46. The van der Waals surface area contributed by atoms with Gasteiger partial charge in [0.25, 0.3) is 0 Å². The van der Waals surface area contributed by atoms with E-state index < -0.39 is 78.2 Å². The van der Waals surface area contributed by atoms with Crippen LogP contribution in [0.1, 0.15) is 13.8 Å². The van der Waals surface area contributed by atoms with E-state index in [2.05, 4.69) is 23.4 Å². The van der Waals surface area contributed by atoms with Crippen molar-refractivity contribution in [3.8, 4) is 0 Å². The lowest BCUT2D eigenvalue weighted by atomic mass is 10.3. The molecule has 0 spiro atoms. The van der Waals surface area contributed by atoms with Crippen LogP contribution in [0.15, 0.2) is 0 Å². The van der Waals surface area contributed by atoms with Crippen LogP contribution >= 0.6 is 15.6 Å². The van der Waals surface area contributed by atoms with Crippen LogP contribution in [0.4, 0.5) is 0 Å². The summed E-state index contributed by atoms with van der Waals surface area (Å²) in [5, 5.41) is 29.2. The number of amides is 1. The summed E-state index contributed by atoms with van der Waals surface area (Å²) in [4.78, 5) is 41.8. The minimum atomic E-state index is -4.99. The van der Waals surface area contributed by atoms with Gasteiger partial charge in [0.05, 0.1) is 32.5 Å². The highest BCUT2D eigenvalue weighted by Crippen LogP contribution is 2.45. The molecule has 0 bridgehead atoms. The third-order valence-electron chi connectivity index (χ3n) is 2.83. The summed E-state index contributed by atoms with van der Waals surface area (Å²) in [7, 11) is -9.68. The number of aliphatic hydroxyl groups is 3. The van der Waals surface area contributed by atoms with Crippen molar-refractivity contribution in [3.05, 3.63) is 0 Å². The molecule has 0 radical (unpaired) electrons. The second-order valence-electron chi connectivity index (χ2n) is 5.74. The average Bonchev–Trinajstić information content (AvgIpc) is 2.62. The molecule has 6 unspecified atom stereocenters. The molecular formula is C12H26N2O13P2. The molecule has 0 fully saturated rings. The molecule has 8 N–H and O–H groups in total. The molecule has 29 heavy (non-hydrogen) atoms. The van der Waals surface area contributed by atoms with Gasteiger partial charge in [-0.25, -0.2) is 13.9 Å². The van der Waals surface area contributed by atoms with Gasteiger partial charge in [-0.05, 0) is 13.8 Å². The van der Waals surface area contributed by atoms with Gasteiger partial charge in [0.2, 0.25) is 5.91 Å². The van der Waals surface area contributed by atoms with E-state index in [1.54, 1.807) is 0 Å². The Kier molecular flexibility index (Phi) is 12.3. The van der Waals surface area contributed by atoms with Gasteiger partial charge in [-0.1, -0.05) is 0 Å². The number of rotatable bonds is 14. The minimum Gasteiger partial charge on any atom is -0.394 e. The van der Waals surface area contributed by atoms with Crippen LogP contribution in [-0.2, 0) is 36.8 Å². The van der Waals surface area contributed by atoms with Gasteiger partial charge < -0.3 is 35.8 Å². The molecule has 0 aromatic carbocycles. The second-order valence-corrected chi connectivity index (χ2v) is 8.58. The van der Waals surface area contributed by atoms with Gasteiger partial charge in [0, 0.05) is 0 Å². The summed E-state index contributed by atoms with van der Waals surface area (Å²) in [6, 6.07) is -2.26. The van der Waals surface area contributed by atoms with E-state index >= 15 is 0 Å². The zero-order valence-corrected chi connectivity index (χ0v) is 17.4. The third kappa shape index (κ3) is 13.1. The second kappa shape index (κ2) is 12.7. The first-order chi connectivity index (χ1) is 13.2. The van der Waals surface area contributed by atoms with Gasteiger partial charge >= 0.3 is 21.6 Å². The number of nitrogens with two attached hydrogens (primary N) is 1. The first-order valence-corrected chi connectivity index (χ1v) is 11.0. The van der Waals surface area contributed by atoms with Crippen molar-refractivity contribution in [1.82, 2.24) is 5.32 Å². The smallest absolute Gasteiger partial charge is 0.394 e. The van der Waals surface area contributed by atoms with E-state index in [0.29, 0.717) is 0 Å². The number of hydrogen-bond acceptors (Lipinski definition) is 12. The predicted octanol–water partition coefficient (Wildman–Crippen LogP) is -2.65. The average molecular weight is 468 g/mol. The number of phosphoric acid groups is 2. The molecule has 0 aromatic rings. The lowest BCUT2D eigenvalue weighted by Gasteiger charge is -2.19. The van der Waals surface area contributed by atoms with Crippen molar-refractivity contribution < 1.29 is 61.9 Å². The van der Waals surface area contributed by atoms with E-state index in [1.807, 2.05) is 0 Å². The minimum absolute atomic E-state index is 0.710. The van der Waals surface area contributed by atoms with E-state index in [4.69, 9.17) is 15.9 Å². The molecule has 0 aliphatic rings. The number of hydrogen-bond donors (Lipinski definition) is 7. The van der Waals surface area contributed by atoms with Crippen molar-refractivity contribution >= 4 is 27.5 Å². The molecule has 0 aliphatic heterocycles. The van der Waals surface area contributed by atoms with Crippen molar-refractivity contribution in [2.24, 2.45) is 5.73 Å². The molecule has 0 saturated carbocycles. The number of carbonyl (C=O) groups is 2. The first kappa shape index (κ1) is 28.0. The van der Waals surface area contributed by atoms with E-state index in [1.165, 1.54) is 6.92 Å².